The van der Waals surface area contributed by atoms with Crippen LogP contribution in [0.1, 0.15) is 19.8 Å². The Bertz CT molecular complexity index is 202. The second-order valence-corrected chi connectivity index (χ2v) is 3.11. The zero-order valence-corrected chi connectivity index (χ0v) is 8.94. The molecule has 0 aromatic rings. The van der Waals surface area contributed by atoms with Gasteiger partial charge in [0, 0.05) is 12.0 Å². The molecular weight excluding hydrogens is 200 g/mol. The van der Waals surface area contributed by atoms with Crippen molar-refractivity contribution >= 4 is 5.97 Å². The van der Waals surface area contributed by atoms with Crippen molar-refractivity contribution in [3.63, 3.8) is 0 Å². The maximum atomic E-state index is 10.9. The lowest BCUT2D eigenvalue weighted by atomic mass is 10.3. The molecule has 1 atom stereocenters. The molecule has 1 unspecified atom stereocenters. The van der Waals surface area contributed by atoms with Crippen LogP contribution in [0.2, 0.25) is 0 Å². The molecule has 0 aliphatic heterocycles. The maximum absolute atomic E-state index is 10.9. The van der Waals surface area contributed by atoms with E-state index in [1.54, 1.807) is 6.92 Å². The Morgan fingerprint density at radius 1 is 1.47 bits per heavy atom. The maximum Gasteiger partial charge on any atom is 0.333 e. The van der Waals surface area contributed by atoms with Gasteiger partial charge in [-0.3, -0.25) is 0 Å². The van der Waals surface area contributed by atoms with Gasteiger partial charge in [-0.25, -0.2) is 4.79 Å². The van der Waals surface area contributed by atoms with E-state index < -0.39 is 12.3 Å². The molecule has 0 saturated carbocycles. The quantitative estimate of drug-likeness (QED) is 0.264. The van der Waals surface area contributed by atoms with E-state index >= 15 is 0 Å². The van der Waals surface area contributed by atoms with Crippen molar-refractivity contribution in [3.05, 3.63) is 12.2 Å². The number of hydrogen-bond donors (Lipinski definition) is 2. The van der Waals surface area contributed by atoms with Crippen LogP contribution in [0.15, 0.2) is 12.2 Å². The van der Waals surface area contributed by atoms with Gasteiger partial charge in [-0.05, 0) is 13.3 Å². The first kappa shape index (κ1) is 14.1. The summed E-state index contributed by atoms with van der Waals surface area (Å²) in [5.41, 5.74) is 0.354. The smallest absolute Gasteiger partial charge is 0.333 e. The molecule has 0 spiro atoms. The Labute approximate surface area is 89.3 Å². The molecule has 0 rings (SSSR count). The third kappa shape index (κ3) is 8.11. The Morgan fingerprint density at radius 2 is 2.13 bits per heavy atom. The van der Waals surface area contributed by atoms with Crippen LogP contribution in [-0.4, -0.2) is 42.3 Å². The van der Waals surface area contributed by atoms with Crippen molar-refractivity contribution in [2.75, 3.05) is 19.8 Å². The lowest BCUT2D eigenvalue weighted by molar-refractivity contribution is -0.141. The predicted octanol–water partition coefficient (Wildman–Crippen LogP) is 0.213. The molecule has 0 fully saturated rings. The third-order valence-corrected chi connectivity index (χ3v) is 1.58. The number of carbonyl (C=O) groups is 1. The predicted molar refractivity (Wildman–Crippen MR) is 54.1 cm³/mol. The van der Waals surface area contributed by atoms with Crippen molar-refractivity contribution in [1.29, 1.82) is 0 Å². The monoisotopic (exact) mass is 218 g/mol. The molecule has 5 nitrogen and oxygen atoms in total. The van der Waals surface area contributed by atoms with Gasteiger partial charge in [-0.2, -0.15) is 0 Å². The molecular formula is C10H18O5. The normalized spacial score (nSPS) is 12.2. The molecule has 88 valence electrons. The van der Waals surface area contributed by atoms with Crippen molar-refractivity contribution < 1.29 is 24.5 Å². The van der Waals surface area contributed by atoms with Crippen LogP contribution in [0.25, 0.3) is 0 Å². The molecule has 0 heterocycles. The van der Waals surface area contributed by atoms with Crippen molar-refractivity contribution in [3.8, 4) is 0 Å². The summed E-state index contributed by atoms with van der Waals surface area (Å²) in [4.78, 5) is 10.9. The summed E-state index contributed by atoms with van der Waals surface area (Å²) in [6, 6.07) is 0. The first-order chi connectivity index (χ1) is 7.07. The molecule has 0 aromatic heterocycles. The zero-order valence-electron chi connectivity index (χ0n) is 8.94. The molecule has 0 saturated heterocycles. The number of ether oxygens (including phenoxy) is 2. The molecule has 5 heteroatoms. The lowest BCUT2D eigenvalue weighted by Crippen LogP contribution is -2.16. The van der Waals surface area contributed by atoms with Crippen LogP contribution in [-0.2, 0) is 14.3 Å². The summed E-state index contributed by atoms with van der Waals surface area (Å²) in [6.45, 7) is 5.21. The van der Waals surface area contributed by atoms with E-state index in [-0.39, 0.29) is 19.8 Å². The standard InChI is InChI=1S/C10H18O5/c1-8(2)10(13)15-6-3-4-9(12)14-7-5-11/h9,11-12H,1,3-7H2,2H3. The SMILES string of the molecule is C=C(C)C(=O)OCCCC(O)OCCO. The number of carbonyl (C=O) groups excluding carboxylic acids is 1. The first-order valence-electron chi connectivity index (χ1n) is 4.81. The molecule has 0 aromatic carbocycles. The average molecular weight is 218 g/mol. The number of esters is 1. The van der Waals surface area contributed by atoms with Crippen molar-refractivity contribution in [2.24, 2.45) is 0 Å². The van der Waals surface area contributed by atoms with Crippen LogP contribution >= 0.6 is 0 Å². The summed E-state index contributed by atoms with van der Waals surface area (Å²) in [5.74, 6) is -0.430. The molecule has 0 bridgehead atoms. The second-order valence-electron chi connectivity index (χ2n) is 3.11. The minimum atomic E-state index is -0.916. The summed E-state index contributed by atoms with van der Waals surface area (Å²) in [6.07, 6.45) is -0.0459. The number of aliphatic hydroxyl groups is 2. The van der Waals surface area contributed by atoms with Gasteiger partial charge in [0.2, 0.25) is 0 Å². The van der Waals surface area contributed by atoms with Gasteiger partial charge >= 0.3 is 5.97 Å². The van der Waals surface area contributed by atoms with Crippen LogP contribution in [0.4, 0.5) is 0 Å². The van der Waals surface area contributed by atoms with Gasteiger partial charge in [0.25, 0.3) is 0 Å². The van der Waals surface area contributed by atoms with Crippen LogP contribution in [0, 0.1) is 0 Å². The van der Waals surface area contributed by atoms with E-state index in [9.17, 15) is 4.79 Å². The van der Waals surface area contributed by atoms with E-state index in [4.69, 9.17) is 19.7 Å². The van der Waals surface area contributed by atoms with Gasteiger partial charge in [0.05, 0.1) is 19.8 Å². The van der Waals surface area contributed by atoms with Crippen LogP contribution in [0.3, 0.4) is 0 Å². The van der Waals surface area contributed by atoms with Gasteiger partial charge in [0.15, 0.2) is 6.29 Å². The van der Waals surface area contributed by atoms with Gasteiger partial charge < -0.3 is 19.7 Å². The Hall–Kier alpha value is -0.910. The Balaban J connectivity index is 3.37. The van der Waals surface area contributed by atoms with E-state index in [0.717, 1.165) is 0 Å². The largest absolute Gasteiger partial charge is 0.462 e. The lowest BCUT2D eigenvalue weighted by Gasteiger charge is -2.10. The van der Waals surface area contributed by atoms with E-state index in [1.165, 1.54) is 0 Å². The fourth-order valence-corrected chi connectivity index (χ4v) is 0.818. The average Bonchev–Trinajstić information content (AvgIpc) is 2.20. The molecule has 0 amide bonds. The number of aliphatic hydroxyl groups excluding tert-OH is 2. The highest BCUT2D eigenvalue weighted by atomic mass is 16.6. The van der Waals surface area contributed by atoms with E-state index in [2.05, 4.69) is 6.58 Å². The van der Waals surface area contributed by atoms with Crippen molar-refractivity contribution in [1.82, 2.24) is 0 Å². The topological polar surface area (TPSA) is 76.0 Å². The minimum absolute atomic E-state index is 0.104. The van der Waals surface area contributed by atoms with Gasteiger partial charge in [0.1, 0.15) is 0 Å². The Kier molecular flexibility index (Phi) is 7.89. The van der Waals surface area contributed by atoms with Crippen LogP contribution < -0.4 is 0 Å². The highest BCUT2D eigenvalue weighted by Gasteiger charge is 2.05. The van der Waals surface area contributed by atoms with Gasteiger partial charge in [-0.1, -0.05) is 6.58 Å². The van der Waals surface area contributed by atoms with E-state index in [0.29, 0.717) is 18.4 Å². The third-order valence-electron chi connectivity index (χ3n) is 1.58. The van der Waals surface area contributed by atoms with Gasteiger partial charge in [-0.15, -0.1) is 0 Å². The second kappa shape index (κ2) is 8.40. The molecule has 0 aliphatic rings. The number of rotatable bonds is 8. The Morgan fingerprint density at radius 3 is 2.67 bits per heavy atom. The molecule has 0 radical (unpaired) electrons. The van der Waals surface area contributed by atoms with Crippen molar-refractivity contribution in [2.45, 2.75) is 26.1 Å². The fraction of sp³-hybridized carbons (Fsp3) is 0.700. The summed E-state index contributed by atoms with van der Waals surface area (Å²) < 4.78 is 9.60. The minimum Gasteiger partial charge on any atom is -0.462 e. The highest BCUT2D eigenvalue weighted by molar-refractivity contribution is 5.86. The molecule has 15 heavy (non-hydrogen) atoms. The molecule has 2 N–H and O–H groups in total. The highest BCUT2D eigenvalue weighted by Crippen LogP contribution is 2.00. The molecule has 0 aliphatic carbocycles. The van der Waals surface area contributed by atoms with Crippen LogP contribution in [0.5, 0.6) is 0 Å². The van der Waals surface area contributed by atoms with E-state index in [1.807, 2.05) is 0 Å². The zero-order chi connectivity index (χ0) is 11.7. The summed E-state index contributed by atoms with van der Waals surface area (Å²) >= 11 is 0. The summed E-state index contributed by atoms with van der Waals surface area (Å²) in [5, 5.41) is 17.6. The first-order valence-corrected chi connectivity index (χ1v) is 4.81. The number of hydrogen-bond acceptors (Lipinski definition) is 5. The fourth-order valence-electron chi connectivity index (χ4n) is 0.818. The summed E-state index contributed by atoms with van der Waals surface area (Å²) in [7, 11) is 0.